The molecular weight excluding hydrogens is 196 g/mol. The van der Waals surface area contributed by atoms with E-state index in [1.807, 2.05) is 20.0 Å². The van der Waals surface area contributed by atoms with Gasteiger partial charge < -0.3 is 0 Å². The van der Waals surface area contributed by atoms with Crippen LogP contribution in [0.5, 0.6) is 0 Å². The van der Waals surface area contributed by atoms with Gasteiger partial charge in [-0.3, -0.25) is 4.79 Å². The predicted octanol–water partition coefficient (Wildman–Crippen LogP) is 1.77. The van der Waals surface area contributed by atoms with Crippen molar-refractivity contribution in [3.05, 3.63) is 33.0 Å². The van der Waals surface area contributed by atoms with Crippen molar-refractivity contribution in [2.75, 3.05) is 0 Å². The largest absolute Gasteiger partial charge is 0.289 e. The molecule has 1 aliphatic heterocycles. The summed E-state index contributed by atoms with van der Waals surface area (Å²) in [6.07, 6.45) is 3.57. The van der Waals surface area contributed by atoms with Crippen LogP contribution >= 0.6 is 11.8 Å². The molecule has 2 rings (SSSR count). The highest BCUT2D eigenvalue weighted by atomic mass is 32.2. The van der Waals surface area contributed by atoms with Crippen LogP contribution in [0.1, 0.15) is 19.4 Å². The Bertz CT molecular complexity index is 534. The fourth-order valence-electron chi connectivity index (χ4n) is 1.49. The first-order valence-electron chi connectivity index (χ1n) is 4.20. The lowest BCUT2D eigenvalue weighted by atomic mass is 10.1. The van der Waals surface area contributed by atoms with E-state index >= 15 is 0 Å². The molecule has 0 unspecified atom stereocenters. The number of pyridine rings is 1. The van der Waals surface area contributed by atoms with Crippen LogP contribution in [-0.4, -0.2) is 4.57 Å². The summed E-state index contributed by atoms with van der Waals surface area (Å²) in [6.45, 7) is 3.91. The van der Waals surface area contributed by atoms with Crippen LogP contribution < -0.4 is 5.43 Å². The topological polar surface area (TPSA) is 45.8 Å². The molecule has 2 heterocycles. The maximum absolute atomic E-state index is 11.6. The Morgan fingerprint density at radius 2 is 2.21 bits per heavy atom. The average molecular weight is 205 g/mol. The van der Waals surface area contributed by atoms with Gasteiger partial charge in [-0.05, 0) is 24.3 Å². The summed E-state index contributed by atoms with van der Waals surface area (Å²) in [5.41, 5.74) is 1.72. The van der Waals surface area contributed by atoms with Gasteiger partial charge in [-0.1, -0.05) is 0 Å². The van der Waals surface area contributed by atoms with Crippen molar-refractivity contribution in [3.63, 3.8) is 0 Å². The zero-order valence-corrected chi connectivity index (χ0v) is 8.80. The van der Waals surface area contributed by atoms with Crippen LogP contribution in [0.2, 0.25) is 0 Å². The molecule has 1 aromatic heterocycles. The highest BCUT2D eigenvalue weighted by Gasteiger charge is 2.20. The summed E-state index contributed by atoms with van der Waals surface area (Å²) < 4.78 is 1.46. The molecule has 0 atom stereocenters. The minimum atomic E-state index is 0.00773. The number of rotatable bonds is 0. The Balaban J connectivity index is 2.81. The number of nitrogens with zero attached hydrogens (tertiary/aromatic N) is 2. The monoisotopic (exact) mass is 205 g/mol. The highest BCUT2D eigenvalue weighted by Crippen LogP contribution is 2.41. The minimum absolute atomic E-state index is 0.00773. The van der Waals surface area contributed by atoms with Crippen LogP contribution in [-0.2, 0) is 0 Å². The van der Waals surface area contributed by atoms with E-state index < -0.39 is 0 Å². The summed E-state index contributed by atoms with van der Waals surface area (Å²) >= 11 is 0.970. The summed E-state index contributed by atoms with van der Waals surface area (Å²) in [7, 11) is 0. The van der Waals surface area contributed by atoms with Gasteiger partial charge in [0.2, 0.25) is 0 Å². The standard InChI is InChI=1S/C10H9N2OS/c1-6-7(2)14-10-9(6)8(13)3-4-12(10)5-11/h3-4,14H,1-2H3. The van der Waals surface area contributed by atoms with Gasteiger partial charge in [0.1, 0.15) is 0 Å². The van der Waals surface area contributed by atoms with Crippen molar-refractivity contribution in [1.29, 1.82) is 5.26 Å². The number of nitriles is 1. The number of thiol groups is 1. The number of allylic oxidation sites excluding steroid dienone is 2. The minimum Gasteiger partial charge on any atom is -0.289 e. The second-order valence-corrected chi connectivity index (χ2v) is 4.49. The molecule has 0 N–H and O–H groups in total. The molecule has 0 aliphatic carbocycles. The maximum atomic E-state index is 11.6. The zero-order valence-electron chi connectivity index (χ0n) is 7.90. The normalized spacial score (nSPS) is 14.1. The summed E-state index contributed by atoms with van der Waals surface area (Å²) in [5, 5.41) is 9.65. The molecule has 0 fully saturated rings. The molecule has 71 valence electrons. The van der Waals surface area contributed by atoms with Gasteiger partial charge in [0.25, 0.3) is 0 Å². The van der Waals surface area contributed by atoms with Crippen molar-refractivity contribution in [3.8, 4) is 6.19 Å². The Morgan fingerprint density at radius 3 is 2.86 bits per heavy atom. The predicted molar refractivity (Wildman–Crippen MR) is 57.2 cm³/mol. The molecular formula is C10H9N2OS. The van der Waals surface area contributed by atoms with Crippen molar-refractivity contribution in [1.82, 2.24) is 4.57 Å². The van der Waals surface area contributed by atoms with Crippen LogP contribution in [0.3, 0.4) is 0 Å². The highest BCUT2D eigenvalue weighted by molar-refractivity contribution is 8.03. The lowest BCUT2D eigenvalue weighted by molar-refractivity contribution is 0.923. The summed E-state index contributed by atoms with van der Waals surface area (Å²) in [4.78, 5) is 12.7. The molecule has 14 heavy (non-hydrogen) atoms. The first kappa shape index (κ1) is 9.10. The number of hydrogen-bond donors (Lipinski definition) is 1. The van der Waals surface area contributed by atoms with Crippen LogP contribution in [0, 0.1) is 11.5 Å². The van der Waals surface area contributed by atoms with Gasteiger partial charge in [-0.2, -0.15) is 5.26 Å². The van der Waals surface area contributed by atoms with E-state index in [0.29, 0.717) is 5.56 Å². The van der Waals surface area contributed by atoms with E-state index in [9.17, 15) is 4.79 Å². The van der Waals surface area contributed by atoms with Crippen molar-refractivity contribution in [2.45, 2.75) is 18.9 Å². The lowest BCUT2D eigenvalue weighted by Gasteiger charge is -2.03. The Morgan fingerprint density at radius 1 is 1.50 bits per heavy atom. The number of hydrogen-bond acceptors (Lipinski definition) is 2. The van der Waals surface area contributed by atoms with Crippen LogP contribution in [0.4, 0.5) is 0 Å². The van der Waals surface area contributed by atoms with Gasteiger partial charge >= 0.3 is 0 Å². The number of aromatic nitrogens is 1. The SMILES string of the molecule is CC1=C(C)c2c(n(C#N)ccc2=O)[SH]1. The fraction of sp³-hybridized carbons (Fsp3) is 0.200. The van der Waals surface area contributed by atoms with Crippen molar-refractivity contribution in [2.24, 2.45) is 0 Å². The molecule has 0 aromatic carbocycles. The van der Waals surface area contributed by atoms with E-state index in [1.165, 1.54) is 16.8 Å². The fourth-order valence-corrected chi connectivity index (χ4v) is 2.70. The van der Waals surface area contributed by atoms with E-state index in [-0.39, 0.29) is 5.43 Å². The van der Waals surface area contributed by atoms with E-state index in [1.54, 1.807) is 0 Å². The quantitative estimate of drug-likeness (QED) is 0.656. The van der Waals surface area contributed by atoms with Gasteiger partial charge in [0.05, 0.1) is 10.6 Å². The van der Waals surface area contributed by atoms with Gasteiger partial charge in [0, 0.05) is 12.3 Å². The zero-order chi connectivity index (χ0) is 10.3. The molecule has 1 radical (unpaired) electrons. The van der Waals surface area contributed by atoms with Crippen molar-refractivity contribution < 1.29 is 0 Å². The second kappa shape index (κ2) is 3.03. The van der Waals surface area contributed by atoms with Crippen LogP contribution in [0.15, 0.2) is 27.0 Å². The third-order valence-electron chi connectivity index (χ3n) is 2.37. The maximum Gasteiger partial charge on any atom is 0.190 e. The third kappa shape index (κ3) is 1.10. The summed E-state index contributed by atoms with van der Waals surface area (Å²) in [6, 6.07) is 1.44. The molecule has 0 amide bonds. The first-order valence-corrected chi connectivity index (χ1v) is 5.10. The van der Waals surface area contributed by atoms with E-state index in [0.717, 1.165) is 27.3 Å². The van der Waals surface area contributed by atoms with Gasteiger partial charge in [0.15, 0.2) is 11.6 Å². The second-order valence-electron chi connectivity index (χ2n) is 3.17. The Hall–Kier alpha value is -1.47. The lowest BCUT2D eigenvalue weighted by Crippen LogP contribution is -2.10. The average Bonchev–Trinajstić information content (AvgIpc) is 2.45. The molecule has 1 aliphatic rings. The third-order valence-corrected chi connectivity index (χ3v) is 3.69. The van der Waals surface area contributed by atoms with E-state index in [4.69, 9.17) is 5.26 Å². The van der Waals surface area contributed by atoms with Crippen molar-refractivity contribution >= 4 is 17.3 Å². The molecule has 0 bridgehead atoms. The number of fused-ring (bicyclic) bond motifs is 1. The Kier molecular flexibility index (Phi) is 1.97. The molecule has 0 saturated heterocycles. The molecule has 3 nitrogen and oxygen atoms in total. The first-order chi connectivity index (χ1) is 6.65. The van der Waals surface area contributed by atoms with Gasteiger partial charge in [-0.25, -0.2) is 4.57 Å². The van der Waals surface area contributed by atoms with Crippen LogP contribution in [0.25, 0.3) is 5.57 Å². The molecule has 1 aromatic rings. The Labute approximate surface area is 85.7 Å². The van der Waals surface area contributed by atoms with Gasteiger partial charge in [-0.15, -0.1) is 11.8 Å². The molecule has 4 heteroatoms. The molecule has 0 saturated carbocycles. The smallest absolute Gasteiger partial charge is 0.190 e. The molecule has 0 spiro atoms. The summed E-state index contributed by atoms with van der Waals surface area (Å²) in [5.74, 6) is 0. The van der Waals surface area contributed by atoms with E-state index in [2.05, 4.69) is 0 Å².